The lowest BCUT2D eigenvalue weighted by atomic mass is 9.99. The Morgan fingerprint density at radius 1 is 0.842 bits per heavy atom. The van der Waals surface area contributed by atoms with Crippen molar-refractivity contribution in [2.75, 3.05) is 32.7 Å². The van der Waals surface area contributed by atoms with Gasteiger partial charge in [-0.05, 0) is 60.5 Å². The van der Waals surface area contributed by atoms with Gasteiger partial charge in [0.25, 0.3) is 0 Å². The fourth-order valence-corrected chi connectivity index (χ4v) is 3.87. The third-order valence-corrected chi connectivity index (χ3v) is 5.12. The van der Waals surface area contributed by atoms with E-state index in [2.05, 4.69) is 49.3 Å². The van der Waals surface area contributed by atoms with E-state index in [9.17, 15) is 0 Å². The number of hydrogen-bond donors (Lipinski definition) is 0. The summed E-state index contributed by atoms with van der Waals surface area (Å²) in [6, 6.07) is 2.97. The molecule has 0 saturated carbocycles. The second-order valence-corrected chi connectivity index (χ2v) is 7.04. The van der Waals surface area contributed by atoms with Crippen LogP contribution in [-0.4, -0.2) is 71.6 Å². The second kappa shape index (κ2) is 6.55. The van der Waals surface area contributed by atoms with E-state index in [1.165, 1.54) is 45.6 Å². The van der Waals surface area contributed by atoms with Crippen molar-refractivity contribution in [3.63, 3.8) is 0 Å². The van der Waals surface area contributed by atoms with Crippen molar-refractivity contribution in [2.45, 2.75) is 71.6 Å². The van der Waals surface area contributed by atoms with Gasteiger partial charge in [0, 0.05) is 43.8 Å². The van der Waals surface area contributed by atoms with Gasteiger partial charge in [0.15, 0.2) is 0 Å². The Balaban J connectivity index is 1.82. The van der Waals surface area contributed by atoms with E-state index in [0.29, 0.717) is 6.04 Å². The van der Waals surface area contributed by atoms with Crippen molar-refractivity contribution in [1.29, 1.82) is 0 Å². The topological polar surface area (TPSA) is 9.72 Å². The molecule has 0 aromatic heterocycles. The average Bonchev–Trinajstić information content (AvgIpc) is 2.38. The summed E-state index contributed by atoms with van der Waals surface area (Å²) in [5.41, 5.74) is 0. The highest BCUT2D eigenvalue weighted by molar-refractivity contribution is 4.88. The molecule has 2 aliphatic rings. The van der Waals surface area contributed by atoms with Crippen molar-refractivity contribution in [3.8, 4) is 0 Å². The number of piperazine rings is 1. The number of rotatable bonds is 3. The number of nitrogens with zero attached hydrogens (tertiary/aromatic N) is 3. The maximum Gasteiger partial charge on any atom is 0.0198 e. The minimum atomic E-state index is 0.694. The van der Waals surface area contributed by atoms with Crippen LogP contribution in [0.25, 0.3) is 0 Å². The molecule has 0 N–H and O–H groups in total. The fourth-order valence-electron chi connectivity index (χ4n) is 3.87. The van der Waals surface area contributed by atoms with Crippen LogP contribution in [0.3, 0.4) is 0 Å². The lowest BCUT2D eigenvalue weighted by Gasteiger charge is -2.47. The Bertz CT molecular complexity index is 269. The van der Waals surface area contributed by atoms with Gasteiger partial charge < -0.3 is 4.90 Å². The van der Waals surface area contributed by atoms with Crippen molar-refractivity contribution in [3.05, 3.63) is 0 Å². The maximum atomic E-state index is 2.77. The molecule has 3 heteroatoms. The van der Waals surface area contributed by atoms with Crippen LogP contribution >= 0.6 is 0 Å². The summed E-state index contributed by atoms with van der Waals surface area (Å²) in [5, 5.41) is 0. The van der Waals surface area contributed by atoms with Crippen molar-refractivity contribution in [1.82, 2.24) is 14.7 Å². The van der Waals surface area contributed by atoms with Crippen molar-refractivity contribution >= 4 is 0 Å². The molecule has 0 aromatic carbocycles. The standard InChI is InChI=1S/C16H33N3/c1-13(2)17-8-6-16(7-9-17)18-10-11-19(14(3)4)15(5)12-18/h13-16H,6-12H2,1-5H3/t15-/m1/s1. The van der Waals surface area contributed by atoms with Gasteiger partial charge in [0.05, 0.1) is 0 Å². The van der Waals surface area contributed by atoms with Crippen LogP contribution in [0.4, 0.5) is 0 Å². The number of hydrogen-bond acceptors (Lipinski definition) is 3. The van der Waals surface area contributed by atoms with Gasteiger partial charge in [-0.2, -0.15) is 0 Å². The first-order valence-corrected chi connectivity index (χ1v) is 8.23. The lowest BCUT2D eigenvalue weighted by molar-refractivity contribution is 0.0138. The summed E-state index contributed by atoms with van der Waals surface area (Å²) in [6.07, 6.45) is 2.74. The van der Waals surface area contributed by atoms with Gasteiger partial charge in [-0.25, -0.2) is 0 Å². The first-order valence-electron chi connectivity index (χ1n) is 8.23. The zero-order chi connectivity index (χ0) is 14.0. The molecular weight excluding hydrogens is 234 g/mol. The molecule has 2 saturated heterocycles. The molecule has 112 valence electrons. The van der Waals surface area contributed by atoms with Crippen LogP contribution < -0.4 is 0 Å². The van der Waals surface area contributed by atoms with Crippen LogP contribution in [0.15, 0.2) is 0 Å². The monoisotopic (exact) mass is 267 g/mol. The van der Waals surface area contributed by atoms with E-state index >= 15 is 0 Å². The quantitative estimate of drug-likeness (QED) is 0.777. The summed E-state index contributed by atoms with van der Waals surface area (Å²) in [6.45, 7) is 18.1. The normalized spacial score (nSPS) is 29.5. The maximum absolute atomic E-state index is 2.77. The van der Waals surface area contributed by atoms with Gasteiger partial charge in [-0.15, -0.1) is 0 Å². The largest absolute Gasteiger partial charge is 0.301 e. The van der Waals surface area contributed by atoms with E-state index in [0.717, 1.165) is 18.1 Å². The van der Waals surface area contributed by atoms with Crippen LogP contribution in [-0.2, 0) is 0 Å². The molecule has 1 atom stereocenters. The van der Waals surface area contributed by atoms with Crippen molar-refractivity contribution in [2.24, 2.45) is 0 Å². The lowest BCUT2D eigenvalue weighted by Crippen LogP contribution is -2.58. The molecule has 0 radical (unpaired) electrons. The predicted molar refractivity (Wildman–Crippen MR) is 82.6 cm³/mol. The molecule has 0 bridgehead atoms. The van der Waals surface area contributed by atoms with Gasteiger partial charge in [0.1, 0.15) is 0 Å². The summed E-state index contributed by atoms with van der Waals surface area (Å²) < 4.78 is 0. The Morgan fingerprint density at radius 2 is 1.47 bits per heavy atom. The van der Waals surface area contributed by atoms with E-state index in [1.54, 1.807) is 0 Å². The Hall–Kier alpha value is -0.120. The van der Waals surface area contributed by atoms with Gasteiger partial charge in [-0.1, -0.05) is 0 Å². The molecule has 0 spiro atoms. The van der Waals surface area contributed by atoms with Gasteiger partial charge in [-0.3, -0.25) is 9.80 Å². The zero-order valence-electron chi connectivity index (χ0n) is 13.6. The second-order valence-electron chi connectivity index (χ2n) is 7.04. The molecule has 0 aliphatic carbocycles. The molecule has 19 heavy (non-hydrogen) atoms. The minimum Gasteiger partial charge on any atom is -0.301 e. The number of piperidine rings is 1. The highest BCUT2D eigenvalue weighted by Crippen LogP contribution is 2.22. The highest BCUT2D eigenvalue weighted by atomic mass is 15.3. The summed E-state index contributed by atoms with van der Waals surface area (Å²) in [7, 11) is 0. The third-order valence-electron chi connectivity index (χ3n) is 5.12. The molecule has 2 rings (SSSR count). The first kappa shape index (κ1) is 15.3. The summed E-state index contributed by atoms with van der Waals surface area (Å²) in [5.74, 6) is 0. The van der Waals surface area contributed by atoms with E-state index < -0.39 is 0 Å². The third kappa shape index (κ3) is 3.71. The fraction of sp³-hybridized carbons (Fsp3) is 1.00. The molecule has 2 aliphatic heterocycles. The molecule has 2 heterocycles. The van der Waals surface area contributed by atoms with Crippen LogP contribution in [0, 0.1) is 0 Å². The van der Waals surface area contributed by atoms with Gasteiger partial charge >= 0.3 is 0 Å². The van der Waals surface area contributed by atoms with Crippen LogP contribution in [0.1, 0.15) is 47.5 Å². The van der Waals surface area contributed by atoms with E-state index in [-0.39, 0.29) is 0 Å². The molecule has 3 nitrogen and oxygen atoms in total. The molecular formula is C16H33N3. The highest BCUT2D eigenvalue weighted by Gasteiger charge is 2.31. The van der Waals surface area contributed by atoms with Gasteiger partial charge in [0.2, 0.25) is 0 Å². The predicted octanol–water partition coefficient (Wildman–Crippen LogP) is 2.27. The summed E-state index contributed by atoms with van der Waals surface area (Å²) >= 11 is 0. The number of likely N-dealkylation sites (tertiary alicyclic amines) is 1. The van der Waals surface area contributed by atoms with Crippen LogP contribution in [0.5, 0.6) is 0 Å². The summed E-state index contributed by atoms with van der Waals surface area (Å²) in [4.78, 5) is 8.05. The first-order chi connectivity index (χ1) is 8.99. The average molecular weight is 267 g/mol. The van der Waals surface area contributed by atoms with E-state index in [4.69, 9.17) is 0 Å². The molecule has 0 amide bonds. The minimum absolute atomic E-state index is 0.694. The Labute approximate surface area is 119 Å². The zero-order valence-corrected chi connectivity index (χ0v) is 13.6. The van der Waals surface area contributed by atoms with Crippen molar-refractivity contribution < 1.29 is 0 Å². The Morgan fingerprint density at radius 3 is 1.95 bits per heavy atom. The molecule has 0 unspecified atom stereocenters. The Kier molecular flexibility index (Phi) is 5.27. The smallest absolute Gasteiger partial charge is 0.0198 e. The SMILES string of the molecule is CC(C)N1CCC(N2CCN(C(C)C)[C@H](C)C2)CC1. The van der Waals surface area contributed by atoms with Crippen LogP contribution in [0.2, 0.25) is 0 Å². The molecule has 0 aromatic rings. The molecule has 2 fully saturated rings. The van der Waals surface area contributed by atoms with E-state index in [1.807, 2.05) is 0 Å².